The summed E-state index contributed by atoms with van der Waals surface area (Å²) >= 11 is 0. The van der Waals surface area contributed by atoms with E-state index in [1.807, 2.05) is 0 Å². The topological polar surface area (TPSA) is 27.7 Å². The highest BCUT2D eigenvalue weighted by atomic mass is 19.3. The molecule has 0 aromatic heterocycles. The van der Waals surface area contributed by atoms with E-state index in [0.29, 0.717) is 50.0 Å². The second kappa shape index (κ2) is 14.6. The third-order valence-electron chi connectivity index (χ3n) is 11.0. The summed E-state index contributed by atoms with van der Waals surface area (Å²) in [5.41, 5.74) is 0. The van der Waals surface area contributed by atoms with Crippen LogP contribution in [0.1, 0.15) is 110 Å². The van der Waals surface area contributed by atoms with Gasteiger partial charge in [-0.2, -0.15) is 8.78 Å². The third kappa shape index (κ3) is 7.99. The van der Waals surface area contributed by atoms with Crippen LogP contribution in [0, 0.1) is 58.9 Å². The van der Waals surface area contributed by atoms with Crippen molar-refractivity contribution in [3.63, 3.8) is 0 Å². The Kier molecular flexibility index (Phi) is 11.1. The van der Waals surface area contributed by atoms with E-state index in [1.54, 1.807) is 0 Å². The minimum Gasteiger partial charge on any atom is -0.432 e. The molecule has 4 fully saturated rings. The smallest absolute Gasteiger partial charge is 0.400 e. The van der Waals surface area contributed by atoms with Crippen molar-refractivity contribution in [1.29, 1.82) is 0 Å². The first-order valence-electron chi connectivity index (χ1n) is 16.7. The monoisotopic (exact) mass is 600 g/mol. The SMILES string of the molecule is CCCCCC1CCC(C2CCC(C3COC(C4CCC(C(F)(F)Oc5cc(F)c(F)c(F)c5)CC4)OC3)CC2)CC1. The zero-order chi connectivity index (χ0) is 29.7. The van der Waals surface area contributed by atoms with Crippen molar-refractivity contribution < 1.29 is 36.2 Å². The summed E-state index contributed by atoms with van der Waals surface area (Å²) in [5, 5.41) is 0. The number of alkyl halides is 2. The van der Waals surface area contributed by atoms with Gasteiger partial charge in [-0.3, -0.25) is 0 Å². The van der Waals surface area contributed by atoms with E-state index in [-0.39, 0.29) is 25.0 Å². The molecule has 0 bridgehead atoms. The number of unbranched alkanes of at least 4 members (excludes halogenated alkanes) is 2. The Labute approximate surface area is 248 Å². The standard InChI is InChI=1S/C34H49F5O3/c1-2-3-4-5-22-6-8-23(9-7-22)24-10-12-25(13-11-24)27-20-40-33(41-21-27)26-14-16-28(17-15-26)34(38,39)42-29-18-30(35)32(37)31(36)19-29/h18-19,22-28,33H,2-17,20-21H2,1H3. The van der Waals surface area contributed by atoms with Crippen molar-refractivity contribution in [2.45, 2.75) is 122 Å². The number of halogens is 5. The molecule has 0 unspecified atom stereocenters. The Hall–Kier alpha value is -1.41. The number of benzene rings is 1. The highest BCUT2D eigenvalue weighted by molar-refractivity contribution is 5.25. The molecule has 3 aliphatic carbocycles. The van der Waals surface area contributed by atoms with Gasteiger partial charge < -0.3 is 14.2 Å². The first-order chi connectivity index (χ1) is 20.2. The van der Waals surface area contributed by atoms with Crippen molar-refractivity contribution in [2.75, 3.05) is 13.2 Å². The second-order valence-electron chi connectivity index (χ2n) is 13.7. The lowest BCUT2D eigenvalue weighted by atomic mass is 9.67. The number of hydrogen-bond donors (Lipinski definition) is 0. The molecule has 1 aliphatic heterocycles. The van der Waals surface area contributed by atoms with Crippen LogP contribution in [0.2, 0.25) is 0 Å². The summed E-state index contributed by atoms with van der Waals surface area (Å²) in [6.45, 7) is 3.62. The van der Waals surface area contributed by atoms with Crippen molar-refractivity contribution in [3.05, 3.63) is 29.6 Å². The summed E-state index contributed by atoms with van der Waals surface area (Å²) < 4.78 is 86.6. The first-order valence-corrected chi connectivity index (χ1v) is 16.7. The average molecular weight is 601 g/mol. The van der Waals surface area contributed by atoms with Gasteiger partial charge in [-0.15, -0.1) is 0 Å². The van der Waals surface area contributed by atoms with Crippen LogP contribution in [0.15, 0.2) is 12.1 Å². The summed E-state index contributed by atoms with van der Waals surface area (Å²) in [6, 6.07) is 0.899. The molecule has 1 aromatic carbocycles. The van der Waals surface area contributed by atoms with Crippen molar-refractivity contribution in [1.82, 2.24) is 0 Å². The van der Waals surface area contributed by atoms with Crippen molar-refractivity contribution in [3.8, 4) is 5.75 Å². The van der Waals surface area contributed by atoms with Gasteiger partial charge in [-0.25, -0.2) is 13.2 Å². The van der Waals surface area contributed by atoms with Gasteiger partial charge >= 0.3 is 6.11 Å². The van der Waals surface area contributed by atoms with Crippen molar-refractivity contribution in [2.24, 2.45) is 41.4 Å². The van der Waals surface area contributed by atoms with Gasteiger partial charge in [0.15, 0.2) is 23.7 Å². The molecule has 42 heavy (non-hydrogen) atoms. The van der Waals surface area contributed by atoms with Gasteiger partial charge in [0, 0.05) is 24.0 Å². The lowest BCUT2D eigenvalue weighted by molar-refractivity contribution is -0.251. The molecule has 8 heteroatoms. The van der Waals surface area contributed by atoms with Crippen LogP contribution in [0.5, 0.6) is 5.75 Å². The van der Waals surface area contributed by atoms with Crippen molar-refractivity contribution >= 4 is 0 Å². The molecular weight excluding hydrogens is 551 g/mol. The van der Waals surface area contributed by atoms with E-state index in [4.69, 9.17) is 9.47 Å². The third-order valence-corrected chi connectivity index (χ3v) is 11.0. The molecule has 0 atom stereocenters. The zero-order valence-corrected chi connectivity index (χ0v) is 25.1. The fourth-order valence-electron chi connectivity index (χ4n) is 8.36. The van der Waals surface area contributed by atoms with E-state index in [1.165, 1.54) is 77.0 Å². The normalized spacial score (nSPS) is 34.7. The van der Waals surface area contributed by atoms with Crippen LogP contribution in [-0.2, 0) is 9.47 Å². The predicted octanol–water partition coefficient (Wildman–Crippen LogP) is 10.1. The summed E-state index contributed by atoms with van der Waals surface area (Å²) in [7, 11) is 0. The van der Waals surface area contributed by atoms with E-state index in [9.17, 15) is 22.0 Å². The summed E-state index contributed by atoms with van der Waals surface area (Å²) in [6.07, 6.45) is 13.8. The molecule has 1 heterocycles. The first kappa shape index (κ1) is 32.0. The van der Waals surface area contributed by atoms with Crippen LogP contribution < -0.4 is 4.74 Å². The van der Waals surface area contributed by atoms with Crippen LogP contribution in [-0.4, -0.2) is 25.6 Å². The lowest BCUT2D eigenvalue weighted by Gasteiger charge is -2.43. The lowest BCUT2D eigenvalue weighted by Crippen LogP contribution is -2.43. The Balaban J connectivity index is 0.995. The van der Waals surface area contributed by atoms with E-state index >= 15 is 0 Å². The van der Waals surface area contributed by atoms with Gasteiger partial charge in [0.1, 0.15) is 5.75 Å². The highest BCUT2D eigenvalue weighted by Gasteiger charge is 2.46. The average Bonchev–Trinajstić information content (AvgIpc) is 3.00. The zero-order valence-electron chi connectivity index (χ0n) is 25.1. The van der Waals surface area contributed by atoms with Gasteiger partial charge in [-0.05, 0) is 87.9 Å². The number of hydrogen-bond acceptors (Lipinski definition) is 3. The van der Waals surface area contributed by atoms with Gasteiger partial charge in [0.25, 0.3) is 0 Å². The van der Waals surface area contributed by atoms with E-state index in [0.717, 1.165) is 17.8 Å². The van der Waals surface area contributed by atoms with E-state index in [2.05, 4.69) is 11.7 Å². The maximum absolute atomic E-state index is 14.8. The van der Waals surface area contributed by atoms with Crippen LogP contribution in [0.3, 0.4) is 0 Å². The Morgan fingerprint density at radius 1 is 0.690 bits per heavy atom. The van der Waals surface area contributed by atoms with Crippen LogP contribution >= 0.6 is 0 Å². The highest BCUT2D eigenvalue weighted by Crippen LogP contribution is 2.46. The molecule has 4 aliphatic rings. The summed E-state index contributed by atoms with van der Waals surface area (Å²) in [4.78, 5) is 0. The minimum absolute atomic E-state index is 0.0338. The molecule has 0 spiro atoms. The second-order valence-corrected chi connectivity index (χ2v) is 13.7. The minimum atomic E-state index is -3.62. The maximum atomic E-state index is 14.8. The van der Waals surface area contributed by atoms with Crippen LogP contribution in [0.4, 0.5) is 22.0 Å². The Bertz CT molecular complexity index is 950. The number of rotatable bonds is 10. The Morgan fingerprint density at radius 2 is 1.19 bits per heavy atom. The molecule has 0 amide bonds. The predicted molar refractivity (Wildman–Crippen MR) is 152 cm³/mol. The maximum Gasteiger partial charge on any atom is 0.400 e. The number of ether oxygens (including phenoxy) is 3. The van der Waals surface area contributed by atoms with Gasteiger partial charge in [0.05, 0.1) is 19.1 Å². The molecule has 3 saturated carbocycles. The fourth-order valence-corrected chi connectivity index (χ4v) is 8.36. The molecule has 5 rings (SSSR count). The van der Waals surface area contributed by atoms with E-state index < -0.39 is 35.2 Å². The molecule has 0 N–H and O–H groups in total. The summed E-state index contributed by atoms with van der Waals surface area (Å²) in [5.74, 6) is -2.80. The van der Waals surface area contributed by atoms with Gasteiger partial charge in [-0.1, -0.05) is 45.4 Å². The molecular formula is C34H49F5O3. The molecule has 1 saturated heterocycles. The van der Waals surface area contributed by atoms with Crippen LogP contribution in [0.25, 0.3) is 0 Å². The molecule has 0 radical (unpaired) electrons. The Morgan fingerprint density at radius 3 is 1.74 bits per heavy atom. The quantitative estimate of drug-likeness (QED) is 0.152. The van der Waals surface area contributed by atoms with Gasteiger partial charge in [0.2, 0.25) is 0 Å². The molecule has 238 valence electrons. The molecule has 3 nitrogen and oxygen atoms in total. The largest absolute Gasteiger partial charge is 0.432 e. The fraction of sp³-hybridized carbons (Fsp3) is 0.824. The molecule has 1 aromatic rings.